The van der Waals surface area contributed by atoms with Gasteiger partial charge in [-0.15, -0.1) is 0 Å². The summed E-state index contributed by atoms with van der Waals surface area (Å²) in [5.41, 5.74) is -0.823. The second-order valence-electron chi connectivity index (χ2n) is 6.91. The molecule has 4 rings (SSSR count). The fourth-order valence-corrected chi connectivity index (χ4v) is 3.06. The monoisotopic (exact) mass is 452 g/mol. The van der Waals surface area contributed by atoms with Crippen LogP contribution in [0.4, 0.5) is 26.3 Å². The van der Waals surface area contributed by atoms with Crippen molar-refractivity contribution in [3.63, 3.8) is 0 Å². The lowest BCUT2D eigenvalue weighted by Crippen LogP contribution is -2.09. The molecule has 1 unspecified atom stereocenters. The topological polar surface area (TPSA) is 63.7 Å². The molecule has 11 heteroatoms. The summed E-state index contributed by atoms with van der Waals surface area (Å²) in [6, 6.07) is 2.92. The van der Waals surface area contributed by atoms with Crippen LogP contribution in [-0.4, -0.2) is 19.9 Å². The van der Waals surface area contributed by atoms with Crippen molar-refractivity contribution in [2.45, 2.75) is 25.1 Å². The summed E-state index contributed by atoms with van der Waals surface area (Å²) >= 11 is 0. The van der Waals surface area contributed by atoms with Gasteiger partial charge in [-0.25, -0.2) is 14.4 Å². The number of hydrogen-bond acceptors (Lipinski definition) is 4. The van der Waals surface area contributed by atoms with E-state index < -0.39 is 35.4 Å². The van der Waals surface area contributed by atoms with E-state index >= 15 is 0 Å². The van der Waals surface area contributed by atoms with E-state index in [9.17, 15) is 26.3 Å². The van der Waals surface area contributed by atoms with Crippen molar-refractivity contribution in [3.05, 3.63) is 89.2 Å². The van der Waals surface area contributed by atoms with E-state index in [0.29, 0.717) is 30.0 Å². The third-order valence-corrected chi connectivity index (χ3v) is 4.74. The molecule has 0 saturated carbocycles. The highest BCUT2D eigenvalue weighted by atomic mass is 19.4. The second kappa shape index (κ2) is 8.48. The largest absolute Gasteiger partial charge is 0.488 e. The summed E-state index contributed by atoms with van der Waals surface area (Å²) in [7, 11) is 0. The molecule has 0 bridgehead atoms. The van der Waals surface area contributed by atoms with Gasteiger partial charge in [-0.2, -0.15) is 22.0 Å². The Labute approximate surface area is 177 Å². The van der Waals surface area contributed by atoms with Gasteiger partial charge in [0.25, 0.3) is 0 Å². The SMILES string of the molecule is Fc1ccc(-c2nc(F)c(C3C=CC(OCc4ncc(C(F)(F)F)cc4F)=CC3)[nH]2)cn1. The third-order valence-electron chi connectivity index (χ3n) is 4.74. The number of allylic oxidation sites excluding steroid dienone is 3. The summed E-state index contributed by atoms with van der Waals surface area (Å²) in [6.07, 6.45) is 2.23. The van der Waals surface area contributed by atoms with Crippen LogP contribution in [-0.2, 0) is 17.5 Å². The molecule has 1 atom stereocenters. The van der Waals surface area contributed by atoms with Crippen LogP contribution in [0.5, 0.6) is 0 Å². The Hall–Kier alpha value is -3.63. The first kappa shape index (κ1) is 21.6. The maximum atomic E-state index is 14.3. The molecule has 3 aromatic rings. The van der Waals surface area contributed by atoms with Crippen LogP contribution in [0.2, 0.25) is 0 Å². The van der Waals surface area contributed by atoms with Crippen LogP contribution in [0.3, 0.4) is 0 Å². The molecule has 3 aromatic heterocycles. The number of nitrogens with zero attached hydrogens (tertiary/aromatic N) is 3. The van der Waals surface area contributed by atoms with Gasteiger partial charge in [-0.3, -0.25) is 4.98 Å². The van der Waals surface area contributed by atoms with Crippen molar-refractivity contribution < 1.29 is 31.1 Å². The first-order valence-electron chi connectivity index (χ1n) is 9.31. The molecular weight excluding hydrogens is 438 g/mol. The van der Waals surface area contributed by atoms with E-state index in [2.05, 4.69) is 19.9 Å². The zero-order chi connectivity index (χ0) is 22.9. The zero-order valence-corrected chi connectivity index (χ0v) is 16.1. The molecule has 0 aliphatic heterocycles. The standard InChI is InChI=1S/C21H14F6N4O/c22-15-7-13(21(25,26)27)9-28-16(15)10-32-14-4-1-11(2-5-14)18-19(24)31-20(30-18)12-3-6-17(23)29-8-12/h1,3-9,11H,2,10H2,(H,30,31). The lowest BCUT2D eigenvalue weighted by atomic mass is 9.97. The number of H-pyrrole nitrogens is 1. The fraction of sp³-hybridized carbons (Fsp3) is 0.190. The number of ether oxygens (including phenoxy) is 1. The van der Waals surface area contributed by atoms with Crippen LogP contribution in [0, 0.1) is 17.7 Å². The average molecular weight is 452 g/mol. The maximum absolute atomic E-state index is 14.3. The van der Waals surface area contributed by atoms with Crippen LogP contribution < -0.4 is 0 Å². The van der Waals surface area contributed by atoms with Gasteiger partial charge in [0, 0.05) is 23.9 Å². The van der Waals surface area contributed by atoms with Crippen molar-refractivity contribution in [2.75, 3.05) is 0 Å². The zero-order valence-electron chi connectivity index (χ0n) is 16.1. The number of alkyl halides is 3. The maximum Gasteiger partial charge on any atom is 0.417 e. The van der Waals surface area contributed by atoms with Crippen molar-refractivity contribution in [2.24, 2.45) is 0 Å². The number of aromatic amines is 1. The highest BCUT2D eigenvalue weighted by Crippen LogP contribution is 2.31. The van der Waals surface area contributed by atoms with Crippen molar-refractivity contribution in [3.8, 4) is 11.4 Å². The van der Waals surface area contributed by atoms with Gasteiger partial charge < -0.3 is 9.72 Å². The Morgan fingerprint density at radius 3 is 2.53 bits per heavy atom. The number of aromatic nitrogens is 4. The van der Waals surface area contributed by atoms with E-state index in [1.165, 1.54) is 18.3 Å². The van der Waals surface area contributed by atoms with E-state index in [1.807, 2.05) is 0 Å². The van der Waals surface area contributed by atoms with Gasteiger partial charge in [0.2, 0.25) is 11.9 Å². The van der Waals surface area contributed by atoms with Gasteiger partial charge in [0.15, 0.2) is 0 Å². The van der Waals surface area contributed by atoms with Gasteiger partial charge in [-0.05, 0) is 36.8 Å². The molecule has 0 radical (unpaired) electrons. The minimum Gasteiger partial charge on any atom is -0.488 e. The molecule has 1 aliphatic rings. The molecule has 3 heterocycles. The molecule has 5 nitrogen and oxygen atoms in total. The summed E-state index contributed by atoms with van der Waals surface area (Å²) in [5, 5.41) is 0. The molecule has 1 N–H and O–H groups in total. The molecule has 0 fully saturated rings. The Morgan fingerprint density at radius 2 is 1.91 bits per heavy atom. The predicted molar refractivity (Wildman–Crippen MR) is 100 cm³/mol. The number of hydrogen-bond donors (Lipinski definition) is 1. The first-order valence-corrected chi connectivity index (χ1v) is 9.31. The smallest absolute Gasteiger partial charge is 0.417 e. The summed E-state index contributed by atoms with van der Waals surface area (Å²) in [4.78, 5) is 13.7. The molecule has 32 heavy (non-hydrogen) atoms. The van der Waals surface area contributed by atoms with Crippen LogP contribution in [0.25, 0.3) is 11.4 Å². The van der Waals surface area contributed by atoms with Gasteiger partial charge in [-0.1, -0.05) is 6.08 Å². The molecule has 1 aliphatic carbocycles. The number of nitrogens with one attached hydrogen (secondary N) is 1. The Bertz CT molecular complexity index is 1180. The van der Waals surface area contributed by atoms with E-state index in [1.54, 1.807) is 12.2 Å². The Morgan fingerprint density at radius 1 is 1.09 bits per heavy atom. The normalized spacial score (nSPS) is 16.2. The predicted octanol–water partition coefficient (Wildman–Crippen LogP) is 5.45. The highest BCUT2D eigenvalue weighted by Gasteiger charge is 2.32. The quantitative estimate of drug-likeness (QED) is 0.413. The van der Waals surface area contributed by atoms with Crippen molar-refractivity contribution in [1.29, 1.82) is 0 Å². The highest BCUT2D eigenvalue weighted by molar-refractivity contribution is 5.54. The van der Waals surface area contributed by atoms with Crippen LogP contribution in [0.15, 0.2) is 54.6 Å². The van der Waals surface area contributed by atoms with Gasteiger partial charge in [0.05, 0.1) is 11.3 Å². The minimum atomic E-state index is -4.69. The Balaban J connectivity index is 1.40. The number of pyridine rings is 2. The van der Waals surface area contributed by atoms with E-state index in [0.717, 1.165) is 6.07 Å². The number of rotatable bonds is 5. The van der Waals surface area contributed by atoms with Gasteiger partial charge >= 0.3 is 6.18 Å². The molecule has 0 aromatic carbocycles. The Kier molecular flexibility index (Phi) is 5.72. The van der Waals surface area contributed by atoms with E-state index in [-0.39, 0.29) is 23.8 Å². The lowest BCUT2D eigenvalue weighted by Gasteiger charge is -2.16. The van der Waals surface area contributed by atoms with Crippen LogP contribution in [0.1, 0.15) is 29.3 Å². The third kappa shape index (κ3) is 4.66. The first-order chi connectivity index (χ1) is 15.2. The van der Waals surface area contributed by atoms with E-state index in [4.69, 9.17) is 4.74 Å². The fourth-order valence-electron chi connectivity index (χ4n) is 3.06. The molecular formula is C21H14F6N4O. The second-order valence-corrected chi connectivity index (χ2v) is 6.91. The molecule has 166 valence electrons. The number of imidazole rings is 1. The summed E-state index contributed by atoms with van der Waals surface area (Å²) in [5.74, 6) is -2.36. The minimum absolute atomic E-state index is 0.202. The molecule has 0 spiro atoms. The summed E-state index contributed by atoms with van der Waals surface area (Å²) in [6.45, 7) is -0.370. The van der Waals surface area contributed by atoms with Crippen molar-refractivity contribution in [1.82, 2.24) is 19.9 Å². The molecule has 0 saturated heterocycles. The average Bonchev–Trinajstić information content (AvgIpc) is 3.14. The number of halogens is 6. The van der Waals surface area contributed by atoms with Gasteiger partial charge in [0.1, 0.15) is 29.7 Å². The van der Waals surface area contributed by atoms with Crippen LogP contribution >= 0.6 is 0 Å². The van der Waals surface area contributed by atoms with Crippen molar-refractivity contribution >= 4 is 0 Å². The lowest BCUT2D eigenvalue weighted by molar-refractivity contribution is -0.138. The summed E-state index contributed by atoms with van der Waals surface area (Å²) < 4.78 is 84.3. The molecule has 0 amide bonds.